The Labute approximate surface area is 143 Å². The number of ether oxygens (including phenoxy) is 2. The van der Waals surface area contributed by atoms with Crippen LogP contribution in [0.3, 0.4) is 0 Å². The molecule has 0 heterocycles. The van der Waals surface area contributed by atoms with Crippen molar-refractivity contribution < 1.29 is 9.47 Å². The van der Waals surface area contributed by atoms with Gasteiger partial charge in [-0.15, -0.1) is 0 Å². The summed E-state index contributed by atoms with van der Waals surface area (Å²) in [5.41, 5.74) is 4.43. The Balaban J connectivity index is 2.03. The minimum absolute atomic E-state index is 0.468. The van der Waals surface area contributed by atoms with Crippen LogP contribution in [0.5, 0.6) is 5.75 Å². The van der Waals surface area contributed by atoms with Crippen molar-refractivity contribution in [3.8, 4) is 28.0 Å². The Kier molecular flexibility index (Phi) is 5.31. The van der Waals surface area contributed by atoms with E-state index in [1.54, 1.807) is 0 Å². The maximum Gasteiger partial charge on any atom is 0.135 e. The third-order valence-electron chi connectivity index (χ3n) is 3.75. The summed E-state index contributed by atoms with van der Waals surface area (Å²) in [4.78, 5) is 0. The molecule has 0 aliphatic carbocycles. The molecule has 0 spiro atoms. The molecule has 3 aromatic rings. The van der Waals surface area contributed by atoms with Crippen molar-refractivity contribution in [1.82, 2.24) is 0 Å². The molecular formula is C22H20O2. The van der Waals surface area contributed by atoms with E-state index in [-0.39, 0.29) is 0 Å². The normalized spacial score (nSPS) is 10.2. The molecule has 2 nitrogen and oxygen atoms in total. The average molecular weight is 316 g/mol. The fourth-order valence-electron chi connectivity index (χ4n) is 2.66. The molecule has 0 amide bonds. The van der Waals surface area contributed by atoms with Crippen molar-refractivity contribution >= 4 is 0 Å². The molecule has 3 rings (SSSR count). The molecule has 120 valence electrons. The van der Waals surface area contributed by atoms with E-state index in [0.29, 0.717) is 13.2 Å². The van der Waals surface area contributed by atoms with Crippen LogP contribution >= 0.6 is 0 Å². The highest BCUT2D eigenvalue weighted by atomic mass is 16.5. The second-order valence-electron chi connectivity index (χ2n) is 5.30. The highest BCUT2D eigenvalue weighted by molar-refractivity contribution is 5.82. The van der Waals surface area contributed by atoms with Gasteiger partial charge in [0.25, 0.3) is 0 Å². The monoisotopic (exact) mass is 316 g/mol. The fourth-order valence-corrected chi connectivity index (χ4v) is 2.66. The van der Waals surface area contributed by atoms with Gasteiger partial charge in [-0.05, 0) is 11.1 Å². The first kappa shape index (κ1) is 15.9. The van der Waals surface area contributed by atoms with Crippen LogP contribution in [0.25, 0.3) is 22.3 Å². The molecule has 0 aromatic heterocycles. The predicted octanol–water partition coefficient (Wildman–Crippen LogP) is 5.56. The van der Waals surface area contributed by atoms with Gasteiger partial charge in [0.15, 0.2) is 0 Å². The van der Waals surface area contributed by atoms with Crippen LogP contribution in [0.2, 0.25) is 0 Å². The van der Waals surface area contributed by atoms with Gasteiger partial charge >= 0.3 is 0 Å². The van der Waals surface area contributed by atoms with Gasteiger partial charge in [0.05, 0.1) is 6.26 Å². The molecule has 0 bridgehead atoms. The molecular weight excluding hydrogens is 296 g/mol. The summed E-state index contributed by atoms with van der Waals surface area (Å²) in [5.74, 6) is 0.877. The smallest absolute Gasteiger partial charge is 0.135 e. The lowest BCUT2D eigenvalue weighted by Gasteiger charge is -2.16. The van der Waals surface area contributed by atoms with Crippen LogP contribution in [0.4, 0.5) is 0 Å². The lowest BCUT2D eigenvalue weighted by Crippen LogP contribution is -2.05. The second kappa shape index (κ2) is 8.02. The van der Waals surface area contributed by atoms with E-state index in [1.165, 1.54) is 6.26 Å². The number of benzene rings is 3. The SMILES string of the molecule is C=COCCOc1c(-c2ccccc2)cccc1-c1ccccc1. The van der Waals surface area contributed by atoms with Crippen molar-refractivity contribution in [3.63, 3.8) is 0 Å². The Bertz CT molecular complexity index is 722. The van der Waals surface area contributed by atoms with Crippen molar-refractivity contribution in [2.45, 2.75) is 0 Å². The summed E-state index contributed by atoms with van der Waals surface area (Å²) in [6.07, 6.45) is 1.44. The number of para-hydroxylation sites is 1. The first-order valence-electron chi connectivity index (χ1n) is 7.99. The summed E-state index contributed by atoms with van der Waals surface area (Å²) in [5, 5.41) is 0. The van der Waals surface area contributed by atoms with Crippen LogP contribution < -0.4 is 4.74 Å². The van der Waals surface area contributed by atoms with Crippen LogP contribution in [0, 0.1) is 0 Å². The van der Waals surface area contributed by atoms with Gasteiger partial charge < -0.3 is 9.47 Å². The Morgan fingerprint density at radius 2 is 1.21 bits per heavy atom. The first-order valence-corrected chi connectivity index (χ1v) is 7.99. The lowest BCUT2D eigenvalue weighted by molar-refractivity contribution is 0.180. The molecule has 0 unspecified atom stereocenters. The molecule has 0 saturated heterocycles. The molecule has 0 radical (unpaired) electrons. The highest BCUT2D eigenvalue weighted by Crippen LogP contribution is 2.38. The quantitative estimate of drug-likeness (QED) is 0.420. The van der Waals surface area contributed by atoms with Crippen molar-refractivity contribution in [3.05, 3.63) is 91.7 Å². The maximum absolute atomic E-state index is 6.11. The van der Waals surface area contributed by atoms with Gasteiger partial charge in [0, 0.05) is 11.1 Å². The van der Waals surface area contributed by atoms with Gasteiger partial charge in [0.2, 0.25) is 0 Å². The summed E-state index contributed by atoms with van der Waals surface area (Å²) >= 11 is 0. The molecule has 0 atom stereocenters. The van der Waals surface area contributed by atoms with Crippen LogP contribution in [-0.4, -0.2) is 13.2 Å². The summed E-state index contributed by atoms with van der Waals surface area (Å²) < 4.78 is 11.3. The van der Waals surface area contributed by atoms with E-state index >= 15 is 0 Å². The van der Waals surface area contributed by atoms with Gasteiger partial charge in [-0.3, -0.25) is 0 Å². The zero-order chi connectivity index (χ0) is 16.6. The van der Waals surface area contributed by atoms with Crippen molar-refractivity contribution in [2.75, 3.05) is 13.2 Å². The molecule has 0 fully saturated rings. The summed E-state index contributed by atoms with van der Waals surface area (Å²) in [7, 11) is 0. The Morgan fingerprint density at radius 1 is 0.667 bits per heavy atom. The molecule has 0 aliphatic heterocycles. The molecule has 0 saturated carbocycles. The molecule has 24 heavy (non-hydrogen) atoms. The minimum atomic E-state index is 0.468. The van der Waals surface area contributed by atoms with Gasteiger partial charge in [-0.25, -0.2) is 0 Å². The Hall–Kier alpha value is -3.00. The third kappa shape index (κ3) is 3.66. The second-order valence-corrected chi connectivity index (χ2v) is 5.30. The number of hydrogen-bond acceptors (Lipinski definition) is 2. The van der Waals surface area contributed by atoms with Gasteiger partial charge in [-0.2, -0.15) is 0 Å². The molecule has 0 N–H and O–H groups in total. The summed E-state index contributed by atoms with van der Waals surface area (Å²) in [6.45, 7) is 4.50. The molecule has 0 aliphatic rings. The average Bonchev–Trinajstić information content (AvgIpc) is 2.66. The van der Waals surface area contributed by atoms with Crippen molar-refractivity contribution in [2.24, 2.45) is 0 Å². The van der Waals surface area contributed by atoms with Gasteiger partial charge in [0.1, 0.15) is 19.0 Å². The number of rotatable bonds is 7. The van der Waals surface area contributed by atoms with Gasteiger partial charge in [-0.1, -0.05) is 85.4 Å². The van der Waals surface area contributed by atoms with E-state index in [0.717, 1.165) is 28.0 Å². The zero-order valence-corrected chi connectivity index (χ0v) is 13.5. The van der Waals surface area contributed by atoms with Crippen LogP contribution in [0.1, 0.15) is 0 Å². The van der Waals surface area contributed by atoms with E-state index in [1.807, 2.05) is 36.4 Å². The van der Waals surface area contributed by atoms with E-state index < -0.39 is 0 Å². The van der Waals surface area contributed by atoms with Crippen LogP contribution in [0.15, 0.2) is 91.7 Å². The Morgan fingerprint density at radius 3 is 1.71 bits per heavy atom. The van der Waals surface area contributed by atoms with E-state index in [2.05, 4.69) is 49.0 Å². The predicted molar refractivity (Wildman–Crippen MR) is 99.0 cm³/mol. The summed E-state index contributed by atoms with van der Waals surface area (Å²) in [6, 6.07) is 26.8. The molecule has 3 aromatic carbocycles. The largest absolute Gasteiger partial charge is 0.498 e. The maximum atomic E-state index is 6.11. The van der Waals surface area contributed by atoms with Crippen LogP contribution in [-0.2, 0) is 4.74 Å². The topological polar surface area (TPSA) is 18.5 Å². The molecule has 2 heteroatoms. The number of hydrogen-bond donors (Lipinski definition) is 0. The first-order chi connectivity index (χ1) is 11.9. The lowest BCUT2D eigenvalue weighted by atomic mass is 9.97. The highest BCUT2D eigenvalue weighted by Gasteiger charge is 2.13. The minimum Gasteiger partial charge on any atom is -0.498 e. The van der Waals surface area contributed by atoms with Crippen molar-refractivity contribution in [1.29, 1.82) is 0 Å². The van der Waals surface area contributed by atoms with E-state index in [4.69, 9.17) is 9.47 Å². The standard InChI is InChI=1S/C22H20O2/c1-2-23-16-17-24-22-20(18-10-5-3-6-11-18)14-9-15-21(22)19-12-7-4-8-13-19/h2-15H,1,16-17H2. The fraction of sp³-hybridized carbons (Fsp3) is 0.0909. The van der Waals surface area contributed by atoms with E-state index in [9.17, 15) is 0 Å². The zero-order valence-electron chi connectivity index (χ0n) is 13.5. The third-order valence-corrected chi connectivity index (χ3v) is 3.75.